The highest BCUT2D eigenvalue weighted by molar-refractivity contribution is 8.05. The maximum absolute atomic E-state index is 3.61. The Balaban J connectivity index is 0. The summed E-state index contributed by atoms with van der Waals surface area (Å²) in [6, 6.07) is 0. The summed E-state index contributed by atoms with van der Waals surface area (Å²) in [5, 5.41) is 1.85. The van der Waals surface area contributed by atoms with Crippen molar-refractivity contribution in [3.63, 3.8) is 0 Å². The van der Waals surface area contributed by atoms with Crippen LogP contribution >= 0.6 is 11.8 Å². The van der Waals surface area contributed by atoms with Crippen molar-refractivity contribution in [1.82, 2.24) is 0 Å². The Kier molecular flexibility index (Phi) is 14.5. The molecule has 0 aromatic heterocycles. The number of hydrogen-bond donors (Lipinski definition) is 0. The van der Waals surface area contributed by atoms with E-state index in [-0.39, 0.29) is 0 Å². The van der Waals surface area contributed by atoms with Crippen LogP contribution in [0.5, 0.6) is 0 Å². The Morgan fingerprint density at radius 2 is 2.00 bits per heavy atom. The zero-order valence-corrected chi connectivity index (χ0v) is 8.29. The lowest BCUT2D eigenvalue weighted by molar-refractivity contribution is 1.21. The maximum atomic E-state index is 3.61. The zero-order valence-electron chi connectivity index (χ0n) is 7.48. The second kappa shape index (κ2) is 11.6. The van der Waals surface area contributed by atoms with E-state index in [2.05, 4.69) is 26.5 Å². The van der Waals surface area contributed by atoms with E-state index in [4.69, 9.17) is 0 Å². The van der Waals surface area contributed by atoms with E-state index in [0.29, 0.717) is 0 Å². The van der Waals surface area contributed by atoms with Crippen LogP contribution in [-0.4, -0.2) is 0 Å². The average Bonchev–Trinajstić information content (AvgIpc) is 1.93. The van der Waals surface area contributed by atoms with Gasteiger partial charge in [0, 0.05) is 0 Å². The lowest BCUT2D eigenvalue weighted by Crippen LogP contribution is -1.60. The quantitative estimate of drug-likeness (QED) is 0.593. The van der Waals surface area contributed by atoms with Crippen molar-refractivity contribution in [3.05, 3.63) is 23.0 Å². The van der Waals surface area contributed by atoms with Gasteiger partial charge >= 0.3 is 0 Å². The third kappa shape index (κ3) is 10.7. The van der Waals surface area contributed by atoms with Gasteiger partial charge in [0.05, 0.1) is 0 Å². The molecule has 0 fully saturated rings. The normalized spacial score (nSPS) is 9.80. The molecule has 0 aliphatic rings. The fourth-order valence-corrected chi connectivity index (χ4v) is 0.993. The average molecular weight is 158 g/mol. The van der Waals surface area contributed by atoms with E-state index in [9.17, 15) is 0 Å². The van der Waals surface area contributed by atoms with Gasteiger partial charge in [0.15, 0.2) is 0 Å². The summed E-state index contributed by atoms with van der Waals surface area (Å²) in [5.41, 5.74) is 0. The molecule has 0 heterocycles. The van der Waals surface area contributed by atoms with Crippen LogP contribution in [0.2, 0.25) is 0 Å². The van der Waals surface area contributed by atoms with Gasteiger partial charge in [0.1, 0.15) is 0 Å². The molecule has 0 saturated carbocycles. The number of rotatable bonds is 3. The fourth-order valence-electron chi connectivity index (χ4n) is 0.467. The Hall–Kier alpha value is -0.170. The van der Waals surface area contributed by atoms with Gasteiger partial charge < -0.3 is 0 Å². The van der Waals surface area contributed by atoms with E-state index in [1.54, 1.807) is 11.8 Å². The fraction of sp³-hybridized carbons (Fsp3) is 0.556. The summed E-state index contributed by atoms with van der Waals surface area (Å²) < 4.78 is 0. The largest absolute Gasteiger partial charge is 0.104 e. The van der Waals surface area contributed by atoms with Crippen molar-refractivity contribution in [2.75, 3.05) is 0 Å². The van der Waals surface area contributed by atoms with Gasteiger partial charge in [-0.2, -0.15) is 0 Å². The Labute approximate surface area is 69.4 Å². The predicted octanol–water partition coefficient (Wildman–Crippen LogP) is 4.20. The molecule has 0 nitrogen and oxygen atoms in total. The molecule has 0 aliphatic heterocycles. The molecule has 0 aromatic rings. The highest BCUT2D eigenvalue weighted by Crippen LogP contribution is 2.14. The van der Waals surface area contributed by atoms with Crippen LogP contribution in [-0.2, 0) is 0 Å². The van der Waals surface area contributed by atoms with E-state index < -0.39 is 0 Å². The summed E-state index contributed by atoms with van der Waals surface area (Å²) in [6.45, 7) is 11.8. The lowest BCUT2D eigenvalue weighted by atomic mass is 10.4. The van der Waals surface area contributed by atoms with Crippen LogP contribution < -0.4 is 0 Å². The van der Waals surface area contributed by atoms with Crippen molar-refractivity contribution < 1.29 is 0 Å². The highest BCUT2D eigenvalue weighted by Gasteiger charge is 1.79. The van der Waals surface area contributed by atoms with Gasteiger partial charge in [-0.15, -0.1) is 11.8 Å². The molecule has 0 aliphatic carbocycles. The Bertz CT molecular complexity index is 92.9. The minimum absolute atomic E-state index is 1.12. The summed E-state index contributed by atoms with van der Waals surface area (Å²) in [6.07, 6.45) is 3.30. The minimum atomic E-state index is 1.12. The molecule has 0 aromatic carbocycles. The van der Waals surface area contributed by atoms with E-state index in [1.165, 1.54) is 4.91 Å². The number of thioether (sulfide) groups is 1. The van der Waals surface area contributed by atoms with Gasteiger partial charge in [-0.25, -0.2) is 0 Å². The van der Waals surface area contributed by atoms with Crippen molar-refractivity contribution in [1.29, 1.82) is 0 Å². The second-order valence-corrected chi connectivity index (χ2v) is 2.72. The molecule has 60 valence electrons. The predicted molar refractivity (Wildman–Crippen MR) is 53.2 cm³/mol. The molecule has 0 bridgehead atoms. The highest BCUT2D eigenvalue weighted by atomic mass is 32.2. The first kappa shape index (κ1) is 12.5. The Morgan fingerprint density at radius 3 is 2.30 bits per heavy atom. The minimum Gasteiger partial charge on any atom is -0.104 e. The molecule has 0 saturated heterocycles. The van der Waals surface area contributed by atoms with Gasteiger partial charge in [0.25, 0.3) is 0 Å². The molecular formula is C9H18S. The molecular weight excluding hydrogens is 140 g/mol. The standard InChI is InChI=1S/C7H12S.C2H6/c1-4-6-7(3)8-5-2;1-2/h5-6H,2,4H2,1,3H3;1-2H3/b7-6-;. The molecule has 0 radical (unpaired) electrons. The molecule has 0 rings (SSSR count). The van der Waals surface area contributed by atoms with E-state index in [1.807, 2.05) is 19.3 Å². The summed E-state index contributed by atoms with van der Waals surface area (Å²) in [7, 11) is 0. The van der Waals surface area contributed by atoms with Crippen molar-refractivity contribution in [2.45, 2.75) is 34.1 Å². The molecule has 1 heteroatoms. The lowest BCUT2D eigenvalue weighted by Gasteiger charge is -1.89. The van der Waals surface area contributed by atoms with Gasteiger partial charge in [0.2, 0.25) is 0 Å². The SMILES string of the molecule is C=CS/C(C)=C\CC.CC. The number of allylic oxidation sites excluding steroid dienone is 2. The maximum Gasteiger partial charge on any atom is -0.0180 e. The third-order valence-electron chi connectivity index (χ3n) is 0.761. The van der Waals surface area contributed by atoms with Crippen molar-refractivity contribution >= 4 is 11.8 Å². The molecule has 0 N–H and O–H groups in total. The topological polar surface area (TPSA) is 0 Å². The van der Waals surface area contributed by atoms with Crippen LogP contribution in [0, 0.1) is 0 Å². The van der Waals surface area contributed by atoms with Crippen molar-refractivity contribution in [3.8, 4) is 0 Å². The van der Waals surface area contributed by atoms with Crippen LogP contribution in [0.15, 0.2) is 23.0 Å². The summed E-state index contributed by atoms with van der Waals surface area (Å²) in [5.74, 6) is 0. The summed E-state index contributed by atoms with van der Waals surface area (Å²) in [4.78, 5) is 1.34. The van der Waals surface area contributed by atoms with E-state index in [0.717, 1.165) is 6.42 Å². The van der Waals surface area contributed by atoms with Gasteiger partial charge in [-0.1, -0.05) is 33.4 Å². The molecule has 0 spiro atoms. The first-order valence-corrected chi connectivity index (χ1v) is 4.63. The first-order valence-electron chi connectivity index (χ1n) is 3.75. The van der Waals surface area contributed by atoms with E-state index >= 15 is 0 Å². The van der Waals surface area contributed by atoms with Crippen LogP contribution in [0.4, 0.5) is 0 Å². The molecule has 0 amide bonds. The molecule has 0 unspecified atom stereocenters. The zero-order chi connectivity index (χ0) is 8.41. The van der Waals surface area contributed by atoms with Crippen LogP contribution in [0.1, 0.15) is 34.1 Å². The summed E-state index contributed by atoms with van der Waals surface area (Å²) >= 11 is 1.68. The van der Waals surface area contributed by atoms with Crippen molar-refractivity contribution in [2.24, 2.45) is 0 Å². The van der Waals surface area contributed by atoms with Gasteiger partial charge in [-0.3, -0.25) is 0 Å². The first-order chi connectivity index (χ1) is 4.81. The third-order valence-corrected chi connectivity index (χ3v) is 1.47. The molecule has 10 heavy (non-hydrogen) atoms. The Morgan fingerprint density at radius 1 is 1.50 bits per heavy atom. The van der Waals surface area contributed by atoms with Crippen LogP contribution in [0.3, 0.4) is 0 Å². The second-order valence-electron chi connectivity index (χ2n) is 1.51. The monoisotopic (exact) mass is 158 g/mol. The smallest absolute Gasteiger partial charge is 0.0180 e. The van der Waals surface area contributed by atoms with Gasteiger partial charge in [-0.05, 0) is 23.7 Å². The number of hydrogen-bond acceptors (Lipinski definition) is 1. The van der Waals surface area contributed by atoms with Crippen LogP contribution in [0.25, 0.3) is 0 Å². The molecule has 0 atom stereocenters.